The molecule has 0 amide bonds. The molecule has 1 fully saturated rings. The van der Waals surface area contributed by atoms with Crippen LogP contribution in [0.25, 0.3) is 0 Å². The van der Waals surface area contributed by atoms with E-state index in [-0.39, 0.29) is 24.5 Å². The number of hydrogen-bond acceptors (Lipinski definition) is 3. The molecule has 1 aliphatic heterocycles. The Bertz CT molecular complexity index is 657. The first-order valence-electron chi connectivity index (χ1n) is 7.97. The van der Waals surface area contributed by atoms with E-state index >= 15 is 0 Å². The fraction of sp³-hybridized carbons (Fsp3) is 0.316. The Morgan fingerprint density at radius 1 is 1.04 bits per heavy atom. The quantitative estimate of drug-likeness (QED) is 0.715. The normalized spacial score (nSPS) is 15.5. The molecule has 0 radical (unpaired) electrons. The van der Waals surface area contributed by atoms with Gasteiger partial charge in [-0.3, -0.25) is 4.90 Å². The Hall–Kier alpha value is -1.55. The van der Waals surface area contributed by atoms with Gasteiger partial charge >= 0.3 is 5.97 Å². The van der Waals surface area contributed by atoms with E-state index in [0.29, 0.717) is 10.6 Å². The van der Waals surface area contributed by atoms with Crippen LogP contribution in [0.5, 0.6) is 0 Å². The second kappa shape index (κ2) is 9.07. The highest BCUT2D eigenvalue weighted by Gasteiger charge is 2.23. The smallest absolute Gasteiger partial charge is 0.340 e. The van der Waals surface area contributed by atoms with E-state index in [1.807, 2.05) is 30.3 Å². The molecule has 1 saturated heterocycles. The lowest BCUT2D eigenvalue weighted by molar-refractivity contribution is 0.0216. The largest absolute Gasteiger partial charge is 0.452 e. The van der Waals surface area contributed by atoms with Gasteiger partial charge in [0.05, 0.1) is 10.6 Å². The molecule has 2 aromatic rings. The van der Waals surface area contributed by atoms with Crippen molar-refractivity contribution in [1.29, 1.82) is 0 Å². The lowest BCUT2D eigenvalue weighted by atomic mass is 10.1. The summed E-state index contributed by atoms with van der Waals surface area (Å²) in [5.41, 5.74) is 1.43. The third-order valence-corrected chi connectivity index (χ3v) is 4.47. The van der Waals surface area contributed by atoms with Crippen molar-refractivity contribution < 1.29 is 9.53 Å². The summed E-state index contributed by atoms with van der Waals surface area (Å²) in [6, 6.07) is 16.9. The summed E-state index contributed by atoms with van der Waals surface area (Å²) in [6.45, 7) is 2.85. The summed E-state index contributed by atoms with van der Waals surface area (Å²) in [5.74, 6) is -0.372. The Morgan fingerprint density at radius 3 is 2.33 bits per heavy atom. The summed E-state index contributed by atoms with van der Waals surface area (Å²) in [5, 5.41) is 0.422. The number of benzene rings is 2. The van der Waals surface area contributed by atoms with E-state index in [2.05, 4.69) is 4.90 Å². The maximum atomic E-state index is 12.5. The molecular formula is C19H21Cl2NO2. The van der Waals surface area contributed by atoms with Crippen molar-refractivity contribution in [2.45, 2.75) is 18.9 Å². The van der Waals surface area contributed by atoms with Gasteiger partial charge in [0.1, 0.15) is 6.10 Å². The van der Waals surface area contributed by atoms with Gasteiger partial charge in [-0.15, -0.1) is 12.4 Å². The number of likely N-dealkylation sites (tertiary alicyclic amines) is 1. The molecule has 1 aliphatic rings. The van der Waals surface area contributed by atoms with Gasteiger partial charge in [-0.2, -0.15) is 0 Å². The second-order valence-electron chi connectivity index (χ2n) is 5.79. The van der Waals surface area contributed by atoms with Crippen LogP contribution in [0.2, 0.25) is 5.02 Å². The van der Waals surface area contributed by atoms with Gasteiger partial charge in [0, 0.05) is 6.54 Å². The van der Waals surface area contributed by atoms with Crippen LogP contribution in [0.1, 0.15) is 34.9 Å². The summed E-state index contributed by atoms with van der Waals surface area (Å²) in [6.07, 6.45) is 2.14. The van der Waals surface area contributed by atoms with Crippen molar-refractivity contribution in [2.24, 2.45) is 0 Å². The van der Waals surface area contributed by atoms with Gasteiger partial charge in [0.15, 0.2) is 0 Å². The fourth-order valence-corrected chi connectivity index (χ4v) is 3.11. The Kier molecular flexibility index (Phi) is 7.10. The molecule has 0 saturated carbocycles. The number of ether oxygens (including phenoxy) is 1. The van der Waals surface area contributed by atoms with Crippen molar-refractivity contribution in [2.75, 3.05) is 19.6 Å². The number of carbonyl (C=O) groups excluding carboxylic acids is 1. The van der Waals surface area contributed by atoms with E-state index in [0.717, 1.165) is 25.2 Å². The van der Waals surface area contributed by atoms with Crippen LogP contribution in [0, 0.1) is 0 Å². The van der Waals surface area contributed by atoms with Crippen LogP contribution in [-0.2, 0) is 4.74 Å². The van der Waals surface area contributed by atoms with Gasteiger partial charge in [-0.25, -0.2) is 4.79 Å². The molecule has 1 unspecified atom stereocenters. The first-order valence-corrected chi connectivity index (χ1v) is 8.34. The van der Waals surface area contributed by atoms with Gasteiger partial charge in [-0.1, -0.05) is 54.1 Å². The molecule has 0 spiro atoms. The van der Waals surface area contributed by atoms with Crippen molar-refractivity contribution in [1.82, 2.24) is 4.90 Å². The first kappa shape index (κ1) is 18.8. The minimum atomic E-state index is -0.372. The zero-order chi connectivity index (χ0) is 16.1. The van der Waals surface area contributed by atoms with Crippen molar-refractivity contribution in [3.63, 3.8) is 0 Å². The molecular weight excluding hydrogens is 345 g/mol. The highest BCUT2D eigenvalue weighted by atomic mass is 35.5. The number of rotatable bonds is 5. The number of hydrogen-bond donors (Lipinski definition) is 0. The molecule has 128 valence electrons. The Morgan fingerprint density at radius 2 is 1.67 bits per heavy atom. The summed E-state index contributed by atoms with van der Waals surface area (Å²) >= 11 is 6.11. The van der Waals surface area contributed by atoms with Gasteiger partial charge < -0.3 is 4.74 Å². The van der Waals surface area contributed by atoms with Gasteiger partial charge in [0.2, 0.25) is 0 Å². The molecule has 0 aromatic heterocycles. The van der Waals surface area contributed by atoms with Crippen LogP contribution in [0.4, 0.5) is 0 Å². The van der Waals surface area contributed by atoms with Crippen LogP contribution in [-0.4, -0.2) is 30.5 Å². The Labute approximate surface area is 154 Å². The molecule has 1 atom stereocenters. The highest BCUT2D eigenvalue weighted by molar-refractivity contribution is 6.33. The van der Waals surface area contributed by atoms with Crippen molar-refractivity contribution in [3.8, 4) is 0 Å². The van der Waals surface area contributed by atoms with Crippen molar-refractivity contribution >= 4 is 30.0 Å². The average molecular weight is 366 g/mol. The molecule has 1 heterocycles. The predicted molar refractivity (Wildman–Crippen MR) is 99.0 cm³/mol. The fourth-order valence-electron chi connectivity index (χ4n) is 2.90. The molecule has 0 aliphatic carbocycles. The number of carbonyl (C=O) groups is 1. The predicted octanol–water partition coefficient (Wildman–Crippen LogP) is 4.76. The minimum absolute atomic E-state index is 0. The standard InChI is InChI=1S/C19H20ClNO2.ClH/c20-17-11-5-4-10-16(17)19(22)23-18(14-21-12-6-7-13-21)15-8-2-1-3-9-15;/h1-5,8-11,18H,6-7,12-14H2;1H. The molecule has 24 heavy (non-hydrogen) atoms. The maximum Gasteiger partial charge on any atom is 0.340 e. The topological polar surface area (TPSA) is 29.5 Å². The SMILES string of the molecule is Cl.O=C(OC(CN1CCCC1)c1ccccc1)c1ccccc1Cl. The lowest BCUT2D eigenvalue weighted by Crippen LogP contribution is -2.28. The maximum absolute atomic E-state index is 12.5. The zero-order valence-corrected chi connectivity index (χ0v) is 14.9. The Balaban J connectivity index is 0.00000208. The minimum Gasteiger partial charge on any atom is -0.452 e. The molecule has 3 rings (SSSR count). The van der Waals surface area contributed by atoms with Gasteiger partial charge in [-0.05, 0) is 43.6 Å². The monoisotopic (exact) mass is 365 g/mol. The van der Waals surface area contributed by atoms with Gasteiger partial charge in [0.25, 0.3) is 0 Å². The summed E-state index contributed by atoms with van der Waals surface area (Å²) < 4.78 is 5.80. The molecule has 0 N–H and O–H groups in total. The first-order chi connectivity index (χ1) is 11.2. The van der Waals surface area contributed by atoms with Crippen LogP contribution >= 0.6 is 24.0 Å². The third-order valence-electron chi connectivity index (χ3n) is 4.14. The van der Waals surface area contributed by atoms with E-state index in [4.69, 9.17) is 16.3 Å². The molecule has 2 aromatic carbocycles. The molecule has 5 heteroatoms. The van der Waals surface area contributed by atoms with E-state index in [9.17, 15) is 4.79 Å². The molecule has 3 nitrogen and oxygen atoms in total. The van der Waals surface area contributed by atoms with Crippen molar-refractivity contribution in [3.05, 3.63) is 70.7 Å². The van der Waals surface area contributed by atoms with E-state index in [1.54, 1.807) is 24.3 Å². The second-order valence-corrected chi connectivity index (χ2v) is 6.20. The van der Waals surface area contributed by atoms with Crippen LogP contribution in [0.3, 0.4) is 0 Å². The number of nitrogens with zero attached hydrogens (tertiary/aromatic N) is 1. The average Bonchev–Trinajstić information content (AvgIpc) is 3.08. The molecule has 0 bridgehead atoms. The third kappa shape index (κ3) is 4.73. The number of halogens is 2. The lowest BCUT2D eigenvalue weighted by Gasteiger charge is -2.24. The highest BCUT2D eigenvalue weighted by Crippen LogP contribution is 2.24. The number of esters is 1. The van der Waals surface area contributed by atoms with Crippen LogP contribution in [0.15, 0.2) is 54.6 Å². The van der Waals surface area contributed by atoms with E-state index in [1.165, 1.54) is 12.8 Å². The van der Waals surface area contributed by atoms with Crippen LogP contribution < -0.4 is 0 Å². The summed E-state index contributed by atoms with van der Waals surface area (Å²) in [4.78, 5) is 14.8. The van der Waals surface area contributed by atoms with E-state index < -0.39 is 0 Å². The zero-order valence-electron chi connectivity index (χ0n) is 13.4. The summed E-state index contributed by atoms with van der Waals surface area (Å²) in [7, 11) is 0.